The molecule has 0 heterocycles. The number of hydrogen-bond donors (Lipinski definition) is 0. The Kier molecular flexibility index (Phi) is 7.93. The summed E-state index contributed by atoms with van der Waals surface area (Å²) in [6.07, 6.45) is 9.06. The predicted molar refractivity (Wildman–Crippen MR) is 66.5 cm³/mol. The first-order chi connectivity index (χ1) is 6.56. The molecular formula is C14H28. The van der Waals surface area contributed by atoms with Crippen LogP contribution in [0.25, 0.3) is 0 Å². The minimum Gasteiger partial charge on any atom is -0.0854 e. The Morgan fingerprint density at radius 1 is 1.21 bits per heavy atom. The Balaban J connectivity index is 3.52. The van der Waals surface area contributed by atoms with Gasteiger partial charge in [0, 0.05) is 0 Å². The number of rotatable bonds is 7. The summed E-state index contributed by atoms with van der Waals surface area (Å²) in [4.78, 5) is 0. The van der Waals surface area contributed by atoms with Crippen LogP contribution in [0.4, 0.5) is 0 Å². The average molecular weight is 196 g/mol. The van der Waals surface area contributed by atoms with Crippen LogP contribution in [0.5, 0.6) is 0 Å². The second-order valence-electron chi connectivity index (χ2n) is 5.09. The van der Waals surface area contributed by atoms with Gasteiger partial charge in [0.1, 0.15) is 0 Å². The fourth-order valence-corrected chi connectivity index (χ4v) is 1.47. The van der Waals surface area contributed by atoms with Crippen molar-refractivity contribution >= 4 is 0 Å². The van der Waals surface area contributed by atoms with Crippen LogP contribution in [0, 0.1) is 11.8 Å². The van der Waals surface area contributed by atoms with E-state index in [0.29, 0.717) is 0 Å². The van der Waals surface area contributed by atoms with Crippen molar-refractivity contribution in [1.29, 1.82) is 0 Å². The summed E-state index contributed by atoms with van der Waals surface area (Å²) in [5, 5.41) is 0. The molecule has 0 aliphatic heterocycles. The molecule has 0 aliphatic rings. The third-order valence-corrected chi connectivity index (χ3v) is 2.90. The Morgan fingerprint density at radius 3 is 2.36 bits per heavy atom. The van der Waals surface area contributed by atoms with Crippen LogP contribution in [0.2, 0.25) is 0 Å². The molecule has 0 heteroatoms. The van der Waals surface area contributed by atoms with Gasteiger partial charge in [-0.15, -0.1) is 0 Å². The van der Waals surface area contributed by atoms with Crippen molar-refractivity contribution in [1.82, 2.24) is 0 Å². The Hall–Kier alpha value is -0.260. The molecular weight excluding hydrogens is 168 g/mol. The fourth-order valence-electron chi connectivity index (χ4n) is 1.47. The van der Waals surface area contributed by atoms with Gasteiger partial charge in [0.25, 0.3) is 0 Å². The highest BCUT2D eigenvalue weighted by Crippen LogP contribution is 2.15. The Morgan fingerprint density at radius 2 is 1.86 bits per heavy atom. The first-order valence-electron chi connectivity index (χ1n) is 6.21. The minimum atomic E-state index is 0.805. The summed E-state index contributed by atoms with van der Waals surface area (Å²) in [5.74, 6) is 1.72. The lowest BCUT2D eigenvalue weighted by molar-refractivity contribution is 0.494. The summed E-state index contributed by atoms with van der Waals surface area (Å²) in [6.45, 7) is 11.5. The van der Waals surface area contributed by atoms with E-state index in [1.54, 1.807) is 5.57 Å². The van der Waals surface area contributed by atoms with Gasteiger partial charge in [0.2, 0.25) is 0 Å². The second-order valence-corrected chi connectivity index (χ2v) is 5.09. The van der Waals surface area contributed by atoms with Crippen LogP contribution in [-0.2, 0) is 0 Å². The van der Waals surface area contributed by atoms with Crippen molar-refractivity contribution in [2.75, 3.05) is 0 Å². The van der Waals surface area contributed by atoms with Gasteiger partial charge in [-0.3, -0.25) is 0 Å². The molecule has 0 radical (unpaired) electrons. The molecule has 0 aliphatic carbocycles. The molecule has 0 saturated carbocycles. The maximum atomic E-state index is 2.42. The van der Waals surface area contributed by atoms with Crippen molar-refractivity contribution in [3.63, 3.8) is 0 Å². The predicted octanol–water partition coefficient (Wildman–Crippen LogP) is 5.20. The molecule has 0 aromatic carbocycles. The van der Waals surface area contributed by atoms with Crippen LogP contribution in [0.1, 0.15) is 66.7 Å². The van der Waals surface area contributed by atoms with Crippen molar-refractivity contribution in [3.05, 3.63) is 11.6 Å². The molecule has 0 spiro atoms. The molecule has 0 amide bonds. The molecule has 0 nitrogen and oxygen atoms in total. The summed E-state index contributed by atoms with van der Waals surface area (Å²) >= 11 is 0. The lowest BCUT2D eigenvalue weighted by Crippen LogP contribution is -1.92. The van der Waals surface area contributed by atoms with E-state index in [2.05, 4.69) is 40.7 Å². The summed E-state index contributed by atoms with van der Waals surface area (Å²) in [5.41, 5.74) is 1.59. The number of allylic oxidation sites excluding steroid dienone is 2. The van der Waals surface area contributed by atoms with Crippen molar-refractivity contribution in [3.8, 4) is 0 Å². The molecule has 0 saturated heterocycles. The van der Waals surface area contributed by atoms with Gasteiger partial charge in [-0.05, 0) is 38.0 Å². The molecule has 0 fully saturated rings. The lowest BCUT2D eigenvalue weighted by atomic mass is 9.98. The molecule has 0 rings (SSSR count). The zero-order valence-corrected chi connectivity index (χ0v) is 10.8. The number of hydrogen-bond acceptors (Lipinski definition) is 0. The normalized spacial score (nSPS) is 14.9. The van der Waals surface area contributed by atoms with Crippen LogP contribution >= 0.6 is 0 Å². The third-order valence-electron chi connectivity index (χ3n) is 2.90. The van der Waals surface area contributed by atoms with E-state index in [9.17, 15) is 0 Å². The first kappa shape index (κ1) is 13.7. The van der Waals surface area contributed by atoms with Crippen molar-refractivity contribution in [2.24, 2.45) is 11.8 Å². The van der Waals surface area contributed by atoms with E-state index in [1.165, 1.54) is 32.1 Å². The fraction of sp³-hybridized carbons (Fsp3) is 0.857. The van der Waals surface area contributed by atoms with Gasteiger partial charge in [-0.1, -0.05) is 52.2 Å². The van der Waals surface area contributed by atoms with Gasteiger partial charge in [-0.25, -0.2) is 0 Å². The van der Waals surface area contributed by atoms with E-state index in [4.69, 9.17) is 0 Å². The van der Waals surface area contributed by atoms with E-state index >= 15 is 0 Å². The molecule has 1 unspecified atom stereocenters. The van der Waals surface area contributed by atoms with E-state index < -0.39 is 0 Å². The smallest absolute Gasteiger partial charge is 0.0323 e. The maximum absolute atomic E-state index is 2.42. The molecule has 0 bridgehead atoms. The summed E-state index contributed by atoms with van der Waals surface area (Å²) in [6, 6.07) is 0. The minimum absolute atomic E-state index is 0.805. The molecule has 0 N–H and O–H groups in total. The SMILES string of the molecule is CCC(C)CCC/C(C)=C/CC(C)C. The van der Waals surface area contributed by atoms with Gasteiger partial charge >= 0.3 is 0 Å². The van der Waals surface area contributed by atoms with Gasteiger partial charge < -0.3 is 0 Å². The van der Waals surface area contributed by atoms with Crippen LogP contribution in [0.3, 0.4) is 0 Å². The topological polar surface area (TPSA) is 0 Å². The maximum Gasteiger partial charge on any atom is -0.0323 e. The van der Waals surface area contributed by atoms with Gasteiger partial charge in [0.05, 0.1) is 0 Å². The van der Waals surface area contributed by atoms with Gasteiger partial charge in [-0.2, -0.15) is 0 Å². The Labute approximate surface area is 90.8 Å². The largest absolute Gasteiger partial charge is 0.0854 e. The molecule has 14 heavy (non-hydrogen) atoms. The molecule has 1 atom stereocenters. The standard InChI is InChI=1S/C14H28/c1-6-13(4)8-7-9-14(5)11-10-12(2)3/h11-13H,6-10H2,1-5H3/b14-11+. The van der Waals surface area contributed by atoms with Crippen molar-refractivity contribution in [2.45, 2.75) is 66.7 Å². The quantitative estimate of drug-likeness (QED) is 0.491. The Bertz CT molecular complexity index is 153. The zero-order valence-electron chi connectivity index (χ0n) is 10.8. The highest BCUT2D eigenvalue weighted by Gasteiger charge is 1.98. The summed E-state index contributed by atoms with van der Waals surface area (Å²) in [7, 11) is 0. The van der Waals surface area contributed by atoms with Crippen LogP contribution < -0.4 is 0 Å². The van der Waals surface area contributed by atoms with Crippen LogP contribution in [-0.4, -0.2) is 0 Å². The molecule has 0 aromatic heterocycles. The zero-order chi connectivity index (χ0) is 11.0. The van der Waals surface area contributed by atoms with E-state index in [-0.39, 0.29) is 0 Å². The second kappa shape index (κ2) is 8.08. The molecule has 84 valence electrons. The van der Waals surface area contributed by atoms with Crippen molar-refractivity contribution < 1.29 is 0 Å². The summed E-state index contributed by atoms with van der Waals surface area (Å²) < 4.78 is 0. The lowest BCUT2D eigenvalue weighted by Gasteiger charge is -2.08. The van der Waals surface area contributed by atoms with Crippen LogP contribution in [0.15, 0.2) is 11.6 Å². The van der Waals surface area contributed by atoms with Gasteiger partial charge in [0.15, 0.2) is 0 Å². The third kappa shape index (κ3) is 8.34. The van der Waals surface area contributed by atoms with E-state index in [0.717, 1.165) is 11.8 Å². The highest BCUT2D eigenvalue weighted by molar-refractivity contribution is 4.97. The first-order valence-corrected chi connectivity index (χ1v) is 6.21. The monoisotopic (exact) mass is 196 g/mol. The van der Waals surface area contributed by atoms with E-state index in [1.807, 2.05) is 0 Å². The molecule has 0 aromatic rings. The average Bonchev–Trinajstić information content (AvgIpc) is 2.14. The highest BCUT2D eigenvalue weighted by atomic mass is 14.0.